The lowest BCUT2D eigenvalue weighted by Crippen LogP contribution is -2.47. The fourth-order valence-electron chi connectivity index (χ4n) is 3.75. The van der Waals surface area contributed by atoms with Gasteiger partial charge in [0.1, 0.15) is 0 Å². The van der Waals surface area contributed by atoms with Crippen molar-refractivity contribution in [2.24, 2.45) is 0 Å². The van der Waals surface area contributed by atoms with Crippen LogP contribution >= 0.6 is 0 Å². The summed E-state index contributed by atoms with van der Waals surface area (Å²) in [7, 11) is 0. The number of carbonyl (C=O) groups is 2. The molecule has 1 N–H and O–H groups in total. The van der Waals surface area contributed by atoms with Gasteiger partial charge in [0.05, 0.1) is 6.54 Å². The summed E-state index contributed by atoms with van der Waals surface area (Å²) in [4.78, 5) is 28.5. The summed E-state index contributed by atoms with van der Waals surface area (Å²) >= 11 is 0. The Hall–Kier alpha value is -2.82. The van der Waals surface area contributed by atoms with Crippen LogP contribution in [0, 0.1) is 0 Å². The summed E-state index contributed by atoms with van der Waals surface area (Å²) in [6, 6.07) is 16.3. The molecule has 2 heterocycles. The minimum Gasteiger partial charge on any atom is -0.336 e. The van der Waals surface area contributed by atoms with Gasteiger partial charge in [-0.25, -0.2) is 4.79 Å². The van der Waals surface area contributed by atoms with E-state index in [1.807, 2.05) is 29.2 Å². The van der Waals surface area contributed by atoms with Gasteiger partial charge in [-0.15, -0.1) is 0 Å². The van der Waals surface area contributed by atoms with E-state index in [0.717, 1.165) is 12.8 Å². The van der Waals surface area contributed by atoms with Gasteiger partial charge in [0.25, 0.3) is 0 Å². The molecule has 0 atom stereocenters. The molecule has 26 heavy (non-hydrogen) atoms. The summed E-state index contributed by atoms with van der Waals surface area (Å²) in [5.41, 5.74) is 5.01. The van der Waals surface area contributed by atoms with Crippen molar-refractivity contribution < 1.29 is 9.59 Å². The molecule has 0 unspecified atom stereocenters. The van der Waals surface area contributed by atoms with Crippen LogP contribution in [-0.4, -0.2) is 41.4 Å². The molecular formula is C21H23N3O2. The standard InChI is InChI=1S/C21H23N3O2/c25-20(23-11-9-16-5-1-3-7-18(16)14-23)13-22-21(26)24-12-10-17-6-2-4-8-19(17)15-24/h1-8H,9-15H2,(H,22,26). The zero-order valence-corrected chi connectivity index (χ0v) is 14.8. The fourth-order valence-corrected chi connectivity index (χ4v) is 3.75. The molecular weight excluding hydrogens is 326 g/mol. The van der Waals surface area contributed by atoms with Gasteiger partial charge in [0.2, 0.25) is 5.91 Å². The zero-order valence-electron chi connectivity index (χ0n) is 14.8. The molecule has 0 aliphatic carbocycles. The highest BCUT2D eigenvalue weighted by atomic mass is 16.2. The van der Waals surface area contributed by atoms with Crippen molar-refractivity contribution in [2.45, 2.75) is 25.9 Å². The normalized spacial score (nSPS) is 15.8. The Morgan fingerprint density at radius 2 is 1.27 bits per heavy atom. The second-order valence-electron chi connectivity index (χ2n) is 6.93. The first-order valence-electron chi connectivity index (χ1n) is 9.15. The number of hydrogen-bond acceptors (Lipinski definition) is 2. The third-order valence-electron chi connectivity index (χ3n) is 5.29. The summed E-state index contributed by atoms with van der Waals surface area (Å²) in [5, 5.41) is 2.80. The third kappa shape index (κ3) is 3.43. The maximum Gasteiger partial charge on any atom is 0.318 e. The molecule has 4 rings (SSSR count). The Kier molecular flexibility index (Phi) is 4.61. The molecule has 0 saturated heterocycles. The molecule has 5 heteroatoms. The minimum atomic E-state index is -0.162. The van der Waals surface area contributed by atoms with Crippen LogP contribution in [0.25, 0.3) is 0 Å². The molecule has 0 saturated carbocycles. The largest absolute Gasteiger partial charge is 0.336 e. The molecule has 3 amide bonds. The lowest BCUT2D eigenvalue weighted by molar-refractivity contribution is -0.131. The Bertz CT molecular complexity index is 764. The number of nitrogens with one attached hydrogen (secondary N) is 1. The maximum atomic E-state index is 12.5. The number of hydrogen-bond donors (Lipinski definition) is 1. The van der Waals surface area contributed by atoms with E-state index >= 15 is 0 Å². The molecule has 2 aromatic carbocycles. The van der Waals surface area contributed by atoms with E-state index in [2.05, 4.69) is 29.6 Å². The molecule has 2 aromatic rings. The highest BCUT2D eigenvalue weighted by molar-refractivity contribution is 5.84. The lowest BCUT2D eigenvalue weighted by atomic mass is 10.00. The molecule has 0 bridgehead atoms. The predicted octanol–water partition coefficient (Wildman–Crippen LogP) is 2.34. The van der Waals surface area contributed by atoms with E-state index in [1.54, 1.807) is 4.90 Å². The average molecular weight is 349 g/mol. The summed E-state index contributed by atoms with van der Waals surface area (Å²) in [6.07, 6.45) is 1.74. The Morgan fingerprint density at radius 3 is 1.88 bits per heavy atom. The van der Waals surface area contributed by atoms with Crippen molar-refractivity contribution >= 4 is 11.9 Å². The van der Waals surface area contributed by atoms with Gasteiger partial charge < -0.3 is 15.1 Å². The van der Waals surface area contributed by atoms with Crippen molar-refractivity contribution in [3.8, 4) is 0 Å². The van der Waals surface area contributed by atoms with Gasteiger partial charge >= 0.3 is 6.03 Å². The first-order valence-corrected chi connectivity index (χ1v) is 9.15. The quantitative estimate of drug-likeness (QED) is 0.905. The average Bonchev–Trinajstić information content (AvgIpc) is 2.71. The molecule has 0 radical (unpaired) electrons. The van der Waals surface area contributed by atoms with Crippen LogP contribution in [0.15, 0.2) is 48.5 Å². The Balaban J connectivity index is 1.30. The fraction of sp³-hybridized carbons (Fsp3) is 0.333. The first kappa shape index (κ1) is 16.6. The SMILES string of the molecule is O=C(CNC(=O)N1CCc2ccccc2C1)N1CCc2ccccc2C1. The van der Waals surface area contributed by atoms with Crippen LogP contribution in [0.1, 0.15) is 22.3 Å². The zero-order chi connectivity index (χ0) is 17.9. The summed E-state index contributed by atoms with van der Waals surface area (Å²) < 4.78 is 0. The molecule has 2 aliphatic rings. The van der Waals surface area contributed by atoms with Gasteiger partial charge in [0.15, 0.2) is 0 Å². The summed E-state index contributed by atoms with van der Waals surface area (Å²) in [5.74, 6) is -0.0229. The smallest absolute Gasteiger partial charge is 0.318 e. The van der Waals surface area contributed by atoms with Crippen LogP contribution in [0.3, 0.4) is 0 Å². The molecule has 0 aromatic heterocycles. The van der Waals surface area contributed by atoms with E-state index in [-0.39, 0.29) is 18.5 Å². The molecule has 0 fully saturated rings. The Labute approximate surface area is 153 Å². The van der Waals surface area contributed by atoms with E-state index in [1.165, 1.54) is 22.3 Å². The van der Waals surface area contributed by atoms with Crippen LogP contribution < -0.4 is 5.32 Å². The maximum absolute atomic E-state index is 12.5. The van der Waals surface area contributed by atoms with Crippen molar-refractivity contribution in [3.63, 3.8) is 0 Å². The van der Waals surface area contributed by atoms with Crippen LogP contribution in [-0.2, 0) is 30.7 Å². The molecule has 134 valence electrons. The second kappa shape index (κ2) is 7.20. The van der Waals surface area contributed by atoms with Crippen molar-refractivity contribution in [1.82, 2.24) is 15.1 Å². The van der Waals surface area contributed by atoms with Crippen molar-refractivity contribution in [1.29, 1.82) is 0 Å². The van der Waals surface area contributed by atoms with E-state index in [4.69, 9.17) is 0 Å². The molecule has 5 nitrogen and oxygen atoms in total. The van der Waals surface area contributed by atoms with E-state index < -0.39 is 0 Å². The van der Waals surface area contributed by atoms with Crippen LogP contribution in [0.5, 0.6) is 0 Å². The van der Waals surface area contributed by atoms with E-state index in [0.29, 0.717) is 26.2 Å². The number of benzene rings is 2. The van der Waals surface area contributed by atoms with Gasteiger partial charge in [-0.05, 0) is 35.1 Å². The monoisotopic (exact) mass is 349 g/mol. The van der Waals surface area contributed by atoms with E-state index in [9.17, 15) is 9.59 Å². The minimum absolute atomic E-state index is 0.0229. The highest BCUT2D eigenvalue weighted by Crippen LogP contribution is 2.19. The number of rotatable bonds is 2. The predicted molar refractivity (Wildman–Crippen MR) is 99.5 cm³/mol. The molecule has 2 aliphatic heterocycles. The van der Waals surface area contributed by atoms with Crippen molar-refractivity contribution in [3.05, 3.63) is 70.8 Å². The van der Waals surface area contributed by atoms with Crippen LogP contribution in [0.2, 0.25) is 0 Å². The van der Waals surface area contributed by atoms with Gasteiger partial charge in [-0.3, -0.25) is 4.79 Å². The number of carbonyl (C=O) groups excluding carboxylic acids is 2. The topological polar surface area (TPSA) is 52.7 Å². The van der Waals surface area contributed by atoms with Crippen LogP contribution in [0.4, 0.5) is 4.79 Å². The number of urea groups is 1. The number of fused-ring (bicyclic) bond motifs is 2. The number of amides is 3. The summed E-state index contributed by atoms with van der Waals surface area (Å²) in [6.45, 7) is 2.69. The lowest BCUT2D eigenvalue weighted by Gasteiger charge is -2.31. The number of nitrogens with zero attached hydrogens (tertiary/aromatic N) is 2. The molecule has 0 spiro atoms. The first-order chi connectivity index (χ1) is 12.7. The second-order valence-corrected chi connectivity index (χ2v) is 6.93. The third-order valence-corrected chi connectivity index (χ3v) is 5.29. The Morgan fingerprint density at radius 1 is 0.769 bits per heavy atom. The van der Waals surface area contributed by atoms with Crippen molar-refractivity contribution in [2.75, 3.05) is 19.6 Å². The van der Waals surface area contributed by atoms with Gasteiger partial charge in [-0.2, -0.15) is 0 Å². The van der Waals surface area contributed by atoms with Gasteiger partial charge in [-0.1, -0.05) is 48.5 Å². The highest BCUT2D eigenvalue weighted by Gasteiger charge is 2.23. The van der Waals surface area contributed by atoms with Gasteiger partial charge in [0, 0.05) is 26.2 Å².